The first-order valence-electron chi connectivity index (χ1n) is 7.52. The number of carbonyl (C=O) groups is 1. The summed E-state index contributed by atoms with van der Waals surface area (Å²) in [7, 11) is 0. The topological polar surface area (TPSA) is 40.5 Å². The smallest absolute Gasteiger partial charge is 0.307 e. The van der Waals surface area contributed by atoms with Crippen molar-refractivity contribution in [1.82, 2.24) is 4.90 Å². The number of hydrogen-bond donors (Lipinski definition) is 1. The Morgan fingerprint density at radius 3 is 2.87 bits per heavy atom. The van der Waals surface area contributed by atoms with E-state index in [0.717, 1.165) is 38.6 Å². The number of halogens is 2. The van der Waals surface area contributed by atoms with Crippen molar-refractivity contribution in [3.05, 3.63) is 55.6 Å². The number of thiophene rings is 1. The Hall–Kier alpha value is -0.880. The van der Waals surface area contributed by atoms with Gasteiger partial charge in [-0.3, -0.25) is 9.69 Å². The number of likely N-dealkylation sites (tertiary alicyclic amines) is 1. The van der Waals surface area contributed by atoms with Crippen LogP contribution in [0.4, 0.5) is 0 Å². The summed E-state index contributed by atoms with van der Waals surface area (Å²) < 4.78 is 1.78. The molecule has 6 heteroatoms. The largest absolute Gasteiger partial charge is 0.481 e. The maximum atomic E-state index is 11.4. The van der Waals surface area contributed by atoms with Crippen LogP contribution in [0.25, 0.3) is 0 Å². The first kappa shape index (κ1) is 17.0. The molecule has 1 aromatic heterocycles. The van der Waals surface area contributed by atoms with Crippen LogP contribution in [-0.2, 0) is 4.79 Å². The summed E-state index contributed by atoms with van der Waals surface area (Å²) in [6.07, 6.45) is 1.66. The van der Waals surface area contributed by atoms with Crippen LogP contribution in [0, 0.1) is 5.92 Å². The average Bonchev–Trinajstić information content (AvgIpc) is 2.94. The Labute approximate surface area is 153 Å². The van der Waals surface area contributed by atoms with Crippen LogP contribution < -0.4 is 0 Å². The van der Waals surface area contributed by atoms with Gasteiger partial charge in [0.15, 0.2) is 0 Å². The van der Waals surface area contributed by atoms with E-state index in [9.17, 15) is 9.90 Å². The Kier molecular flexibility index (Phi) is 5.42. The number of nitrogens with zero attached hydrogens (tertiary/aromatic N) is 1. The highest BCUT2D eigenvalue weighted by molar-refractivity contribution is 9.10. The zero-order valence-corrected chi connectivity index (χ0v) is 15.6. The van der Waals surface area contributed by atoms with Gasteiger partial charge in [-0.2, -0.15) is 0 Å². The molecule has 0 spiro atoms. The van der Waals surface area contributed by atoms with Gasteiger partial charge in [0.2, 0.25) is 0 Å². The summed E-state index contributed by atoms with van der Waals surface area (Å²) in [5, 5.41) is 9.37. The van der Waals surface area contributed by atoms with E-state index in [1.54, 1.807) is 11.3 Å². The van der Waals surface area contributed by atoms with Gasteiger partial charge in [0.25, 0.3) is 0 Å². The maximum absolute atomic E-state index is 11.4. The van der Waals surface area contributed by atoms with Crippen molar-refractivity contribution in [2.24, 2.45) is 5.92 Å². The minimum absolute atomic E-state index is 0.0483. The Morgan fingerprint density at radius 1 is 1.39 bits per heavy atom. The van der Waals surface area contributed by atoms with Crippen LogP contribution >= 0.6 is 38.9 Å². The molecule has 1 aliphatic heterocycles. The van der Waals surface area contributed by atoms with Crippen LogP contribution in [0.3, 0.4) is 0 Å². The van der Waals surface area contributed by atoms with Crippen LogP contribution in [0.1, 0.15) is 29.3 Å². The van der Waals surface area contributed by atoms with Gasteiger partial charge < -0.3 is 5.11 Å². The second-order valence-corrected chi connectivity index (χ2v) is 8.43. The number of hydrogen-bond acceptors (Lipinski definition) is 3. The van der Waals surface area contributed by atoms with Gasteiger partial charge in [0.1, 0.15) is 0 Å². The third kappa shape index (κ3) is 3.97. The summed E-state index contributed by atoms with van der Waals surface area (Å²) in [4.78, 5) is 14.8. The van der Waals surface area contributed by atoms with Crippen molar-refractivity contribution in [1.29, 1.82) is 0 Å². The van der Waals surface area contributed by atoms with Gasteiger partial charge in [-0.25, -0.2) is 0 Å². The van der Waals surface area contributed by atoms with Gasteiger partial charge in [-0.1, -0.05) is 39.7 Å². The molecule has 0 radical (unpaired) electrons. The molecule has 2 atom stereocenters. The highest BCUT2D eigenvalue weighted by Gasteiger charge is 2.32. The summed E-state index contributed by atoms with van der Waals surface area (Å²) in [5.74, 6) is -0.999. The molecule has 122 valence electrons. The molecule has 1 aliphatic rings. The number of carboxylic acid groups (broad SMARTS) is 1. The minimum atomic E-state index is -0.702. The van der Waals surface area contributed by atoms with E-state index in [-0.39, 0.29) is 12.0 Å². The van der Waals surface area contributed by atoms with Crippen LogP contribution in [-0.4, -0.2) is 29.1 Å². The summed E-state index contributed by atoms with van der Waals surface area (Å²) in [6, 6.07) is 12.2. The van der Waals surface area contributed by atoms with E-state index in [0.29, 0.717) is 6.54 Å². The normalized spacial score (nSPS) is 20.3. The van der Waals surface area contributed by atoms with E-state index < -0.39 is 5.97 Å². The van der Waals surface area contributed by atoms with Crippen molar-refractivity contribution >= 4 is 44.8 Å². The lowest BCUT2D eigenvalue weighted by atomic mass is 9.94. The van der Waals surface area contributed by atoms with Gasteiger partial charge in [-0.15, -0.1) is 11.3 Å². The molecule has 0 bridgehead atoms. The van der Waals surface area contributed by atoms with E-state index >= 15 is 0 Å². The molecule has 2 aromatic rings. The monoisotopic (exact) mass is 413 g/mol. The van der Waals surface area contributed by atoms with Gasteiger partial charge in [0.05, 0.1) is 16.3 Å². The number of aliphatic carboxylic acids is 1. The third-order valence-corrected chi connectivity index (χ3v) is 5.97. The molecule has 0 aliphatic carbocycles. The molecule has 3 rings (SSSR count). The van der Waals surface area contributed by atoms with Crippen LogP contribution in [0.5, 0.6) is 0 Å². The molecule has 0 amide bonds. The highest BCUT2D eigenvalue weighted by Crippen LogP contribution is 2.38. The van der Waals surface area contributed by atoms with Gasteiger partial charge in [-0.05, 0) is 49.2 Å². The average molecular weight is 415 g/mol. The van der Waals surface area contributed by atoms with Crippen molar-refractivity contribution in [2.45, 2.75) is 18.9 Å². The zero-order chi connectivity index (χ0) is 16.4. The molecule has 1 aromatic carbocycles. The standard InChI is InChI=1S/C17H17BrClNO2S/c18-13-5-1-3-11(9-13)16(14-6-7-15(19)23-14)20-8-2-4-12(10-20)17(21)22/h1,3,5-7,9,12,16H,2,4,8,10H2,(H,21,22). The lowest BCUT2D eigenvalue weighted by Crippen LogP contribution is -2.41. The van der Waals surface area contributed by atoms with E-state index in [1.165, 1.54) is 0 Å². The predicted octanol–water partition coefficient (Wildman–Crippen LogP) is 5.05. The molecule has 3 nitrogen and oxygen atoms in total. The van der Waals surface area contributed by atoms with E-state index in [1.807, 2.05) is 24.3 Å². The first-order valence-corrected chi connectivity index (χ1v) is 9.51. The van der Waals surface area contributed by atoms with Gasteiger partial charge in [0, 0.05) is 15.9 Å². The number of carboxylic acids is 1. The van der Waals surface area contributed by atoms with Crippen molar-refractivity contribution in [3.8, 4) is 0 Å². The van der Waals surface area contributed by atoms with Crippen LogP contribution in [0.2, 0.25) is 4.34 Å². The summed E-state index contributed by atoms with van der Waals surface area (Å²) >= 11 is 11.2. The SMILES string of the molecule is O=C(O)C1CCCN(C(c2cccc(Br)c2)c2ccc(Cl)s2)C1. The molecule has 1 N–H and O–H groups in total. The Bertz CT molecular complexity index is 705. The Balaban J connectivity index is 1.96. The van der Waals surface area contributed by atoms with Crippen molar-refractivity contribution in [2.75, 3.05) is 13.1 Å². The summed E-state index contributed by atoms with van der Waals surface area (Å²) in [5.41, 5.74) is 1.16. The quantitative estimate of drug-likeness (QED) is 0.761. The lowest BCUT2D eigenvalue weighted by Gasteiger charge is -2.37. The van der Waals surface area contributed by atoms with E-state index in [2.05, 4.69) is 33.0 Å². The molecule has 1 fully saturated rings. The van der Waals surface area contributed by atoms with Crippen molar-refractivity contribution < 1.29 is 9.90 Å². The molecule has 0 saturated carbocycles. The number of piperidine rings is 1. The first-order chi connectivity index (χ1) is 11.0. The third-order valence-electron chi connectivity index (χ3n) is 4.20. The van der Waals surface area contributed by atoms with Crippen molar-refractivity contribution in [3.63, 3.8) is 0 Å². The minimum Gasteiger partial charge on any atom is -0.481 e. The van der Waals surface area contributed by atoms with E-state index in [4.69, 9.17) is 11.6 Å². The Morgan fingerprint density at radius 2 is 2.22 bits per heavy atom. The molecular weight excluding hydrogens is 398 g/mol. The molecule has 23 heavy (non-hydrogen) atoms. The fourth-order valence-corrected chi connectivity index (χ4v) is 4.79. The molecule has 2 unspecified atom stereocenters. The highest BCUT2D eigenvalue weighted by atomic mass is 79.9. The fraction of sp³-hybridized carbons (Fsp3) is 0.353. The zero-order valence-electron chi connectivity index (χ0n) is 12.4. The molecule has 1 saturated heterocycles. The second kappa shape index (κ2) is 7.34. The molecule has 2 heterocycles. The molecular formula is C17H17BrClNO2S. The fourth-order valence-electron chi connectivity index (χ4n) is 3.15. The maximum Gasteiger partial charge on any atom is 0.307 e. The van der Waals surface area contributed by atoms with Gasteiger partial charge >= 0.3 is 5.97 Å². The van der Waals surface area contributed by atoms with Crippen LogP contribution in [0.15, 0.2) is 40.9 Å². The lowest BCUT2D eigenvalue weighted by molar-refractivity contribution is -0.143. The number of rotatable bonds is 4. The second-order valence-electron chi connectivity index (χ2n) is 5.77. The number of benzene rings is 1. The summed E-state index contributed by atoms with van der Waals surface area (Å²) in [6.45, 7) is 1.47. The predicted molar refractivity (Wildman–Crippen MR) is 97.2 cm³/mol.